The van der Waals surface area contributed by atoms with Gasteiger partial charge in [0.15, 0.2) is 0 Å². The molecule has 116 valence electrons. The van der Waals surface area contributed by atoms with Gasteiger partial charge in [0.25, 0.3) is 0 Å². The third-order valence-corrected chi connectivity index (χ3v) is 4.41. The van der Waals surface area contributed by atoms with Crippen molar-refractivity contribution in [3.63, 3.8) is 0 Å². The minimum atomic E-state index is -0.810. The lowest BCUT2D eigenvalue weighted by Crippen LogP contribution is -2.41. The number of carbonyl (C=O) groups is 2. The van der Waals surface area contributed by atoms with E-state index in [9.17, 15) is 9.59 Å². The molecule has 2 amide bonds. The molecule has 3 atom stereocenters. The third kappa shape index (κ3) is 6.26. The zero-order valence-electron chi connectivity index (χ0n) is 12.7. The predicted molar refractivity (Wildman–Crippen MR) is 78.6 cm³/mol. The van der Waals surface area contributed by atoms with Crippen LogP contribution in [0, 0.1) is 17.8 Å². The van der Waals surface area contributed by atoms with Gasteiger partial charge >= 0.3 is 12.0 Å². The van der Waals surface area contributed by atoms with Crippen molar-refractivity contribution >= 4 is 12.0 Å². The minimum Gasteiger partial charge on any atom is -0.481 e. The van der Waals surface area contributed by atoms with Crippen LogP contribution in [0.15, 0.2) is 0 Å². The molecule has 5 nitrogen and oxygen atoms in total. The second-order valence-corrected chi connectivity index (χ2v) is 5.98. The second-order valence-electron chi connectivity index (χ2n) is 5.98. The molecule has 20 heavy (non-hydrogen) atoms. The summed E-state index contributed by atoms with van der Waals surface area (Å²) in [5.74, 6) is 0.455. The number of amides is 2. The van der Waals surface area contributed by atoms with Gasteiger partial charge < -0.3 is 15.7 Å². The number of hydrogen-bond acceptors (Lipinski definition) is 2. The molecule has 0 bridgehead atoms. The van der Waals surface area contributed by atoms with Crippen molar-refractivity contribution in [3.05, 3.63) is 0 Å². The van der Waals surface area contributed by atoms with Gasteiger partial charge in [0.05, 0.1) is 0 Å². The molecule has 1 saturated carbocycles. The Balaban J connectivity index is 2.20. The molecule has 0 aromatic heterocycles. The Bertz CT molecular complexity index is 320. The number of urea groups is 1. The summed E-state index contributed by atoms with van der Waals surface area (Å²) < 4.78 is 0. The second kappa shape index (κ2) is 8.82. The molecular weight excluding hydrogens is 256 g/mol. The summed E-state index contributed by atoms with van der Waals surface area (Å²) in [6.07, 6.45) is 5.87. The van der Waals surface area contributed by atoms with Crippen molar-refractivity contribution in [2.75, 3.05) is 13.1 Å². The van der Waals surface area contributed by atoms with E-state index in [-0.39, 0.29) is 18.4 Å². The molecule has 1 fully saturated rings. The largest absolute Gasteiger partial charge is 0.481 e. The van der Waals surface area contributed by atoms with Crippen molar-refractivity contribution in [2.24, 2.45) is 17.8 Å². The van der Waals surface area contributed by atoms with E-state index >= 15 is 0 Å². The predicted octanol–water partition coefficient (Wildman–Crippen LogP) is 2.61. The van der Waals surface area contributed by atoms with E-state index < -0.39 is 5.97 Å². The fourth-order valence-corrected chi connectivity index (χ4v) is 2.83. The maximum atomic E-state index is 11.7. The Kier molecular flexibility index (Phi) is 7.41. The highest BCUT2D eigenvalue weighted by atomic mass is 16.4. The lowest BCUT2D eigenvalue weighted by molar-refractivity contribution is -0.138. The van der Waals surface area contributed by atoms with Gasteiger partial charge in [0.1, 0.15) is 0 Å². The van der Waals surface area contributed by atoms with E-state index in [0.717, 1.165) is 13.0 Å². The first-order valence-corrected chi connectivity index (χ1v) is 7.76. The van der Waals surface area contributed by atoms with Crippen molar-refractivity contribution in [3.8, 4) is 0 Å². The van der Waals surface area contributed by atoms with Gasteiger partial charge in [-0.3, -0.25) is 4.79 Å². The van der Waals surface area contributed by atoms with Crippen LogP contribution < -0.4 is 10.6 Å². The van der Waals surface area contributed by atoms with Gasteiger partial charge in [-0.05, 0) is 24.2 Å². The van der Waals surface area contributed by atoms with Crippen LogP contribution in [0.1, 0.15) is 52.4 Å². The highest BCUT2D eigenvalue weighted by molar-refractivity contribution is 5.74. The number of carbonyl (C=O) groups excluding carboxylic acids is 1. The maximum absolute atomic E-state index is 11.7. The molecule has 0 aliphatic heterocycles. The number of carboxylic acids is 1. The Labute approximate surface area is 121 Å². The van der Waals surface area contributed by atoms with Gasteiger partial charge in [0, 0.05) is 19.5 Å². The first-order valence-electron chi connectivity index (χ1n) is 7.76. The molecule has 0 aromatic carbocycles. The average Bonchev–Trinajstić information content (AvgIpc) is 2.42. The summed E-state index contributed by atoms with van der Waals surface area (Å²) in [4.78, 5) is 22.4. The van der Waals surface area contributed by atoms with Gasteiger partial charge in [-0.2, -0.15) is 0 Å². The maximum Gasteiger partial charge on any atom is 0.314 e. The number of aliphatic carboxylic acids is 1. The Morgan fingerprint density at radius 1 is 1.25 bits per heavy atom. The van der Waals surface area contributed by atoms with Crippen LogP contribution in [-0.4, -0.2) is 30.2 Å². The van der Waals surface area contributed by atoms with Crippen LogP contribution in [0.4, 0.5) is 4.79 Å². The van der Waals surface area contributed by atoms with Gasteiger partial charge in [-0.1, -0.05) is 39.5 Å². The molecule has 0 spiro atoms. The molecule has 3 unspecified atom stereocenters. The van der Waals surface area contributed by atoms with Crippen molar-refractivity contribution in [2.45, 2.75) is 52.4 Å². The fourth-order valence-electron chi connectivity index (χ4n) is 2.83. The molecule has 1 aliphatic carbocycles. The minimum absolute atomic E-state index is 0.00635. The Hall–Kier alpha value is -1.26. The van der Waals surface area contributed by atoms with Gasteiger partial charge in [-0.25, -0.2) is 4.79 Å². The summed E-state index contributed by atoms with van der Waals surface area (Å²) >= 11 is 0. The van der Waals surface area contributed by atoms with Gasteiger partial charge in [-0.15, -0.1) is 0 Å². The van der Waals surface area contributed by atoms with Crippen LogP contribution in [-0.2, 0) is 4.79 Å². The standard InChI is InChI=1S/C15H28N2O3/c1-3-12(8-14(18)19)9-16-15(20)17-10-13-7-5-4-6-11(13)2/h11-13H,3-10H2,1-2H3,(H,18,19)(H2,16,17,20). The van der Waals surface area contributed by atoms with E-state index in [4.69, 9.17) is 5.11 Å². The summed E-state index contributed by atoms with van der Waals surface area (Å²) in [7, 11) is 0. The van der Waals surface area contributed by atoms with Crippen molar-refractivity contribution in [1.82, 2.24) is 10.6 Å². The summed E-state index contributed by atoms with van der Waals surface area (Å²) in [6.45, 7) is 5.35. The van der Waals surface area contributed by atoms with E-state index in [2.05, 4.69) is 17.6 Å². The highest BCUT2D eigenvalue weighted by Gasteiger charge is 2.21. The zero-order chi connectivity index (χ0) is 15.0. The Morgan fingerprint density at radius 3 is 2.55 bits per heavy atom. The SMILES string of the molecule is CCC(CNC(=O)NCC1CCCCC1C)CC(=O)O. The van der Waals surface area contributed by atoms with Crippen LogP contribution in [0.3, 0.4) is 0 Å². The van der Waals surface area contributed by atoms with E-state index in [1.165, 1.54) is 25.7 Å². The third-order valence-electron chi connectivity index (χ3n) is 4.41. The molecule has 1 aliphatic rings. The lowest BCUT2D eigenvalue weighted by atomic mass is 9.80. The van der Waals surface area contributed by atoms with Crippen LogP contribution in [0.25, 0.3) is 0 Å². The molecular formula is C15H28N2O3. The van der Waals surface area contributed by atoms with E-state index in [1.807, 2.05) is 6.92 Å². The molecule has 5 heteroatoms. The zero-order valence-corrected chi connectivity index (χ0v) is 12.7. The highest BCUT2D eigenvalue weighted by Crippen LogP contribution is 2.28. The number of rotatable bonds is 7. The van der Waals surface area contributed by atoms with Crippen molar-refractivity contribution in [1.29, 1.82) is 0 Å². The molecule has 0 aromatic rings. The summed E-state index contributed by atoms with van der Waals surface area (Å²) in [5, 5.41) is 14.5. The summed E-state index contributed by atoms with van der Waals surface area (Å²) in [5.41, 5.74) is 0. The van der Waals surface area contributed by atoms with Crippen LogP contribution >= 0.6 is 0 Å². The van der Waals surface area contributed by atoms with Crippen molar-refractivity contribution < 1.29 is 14.7 Å². The number of carboxylic acid groups (broad SMARTS) is 1. The molecule has 1 rings (SSSR count). The van der Waals surface area contributed by atoms with Crippen LogP contribution in [0.5, 0.6) is 0 Å². The number of nitrogens with one attached hydrogen (secondary N) is 2. The molecule has 0 saturated heterocycles. The molecule has 3 N–H and O–H groups in total. The van der Waals surface area contributed by atoms with Gasteiger partial charge in [0.2, 0.25) is 0 Å². The topological polar surface area (TPSA) is 78.4 Å². The Morgan fingerprint density at radius 2 is 1.95 bits per heavy atom. The fraction of sp³-hybridized carbons (Fsp3) is 0.867. The number of hydrogen-bond donors (Lipinski definition) is 3. The van der Waals surface area contributed by atoms with E-state index in [0.29, 0.717) is 18.4 Å². The quantitative estimate of drug-likeness (QED) is 0.672. The normalized spacial score (nSPS) is 23.9. The summed E-state index contributed by atoms with van der Waals surface area (Å²) in [6, 6.07) is -0.174. The van der Waals surface area contributed by atoms with E-state index in [1.54, 1.807) is 0 Å². The van der Waals surface area contributed by atoms with Crippen LogP contribution in [0.2, 0.25) is 0 Å². The first kappa shape index (κ1) is 16.8. The first-order chi connectivity index (χ1) is 9.52. The monoisotopic (exact) mass is 284 g/mol. The molecule has 0 heterocycles. The lowest BCUT2D eigenvalue weighted by Gasteiger charge is -2.28. The average molecular weight is 284 g/mol. The smallest absolute Gasteiger partial charge is 0.314 e. The molecule has 0 radical (unpaired) electrons.